The molecule has 1 amide bonds. The summed E-state index contributed by atoms with van der Waals surface area (Å²) in [6.07, 6.45) is 3.04. The predicted molar refractivity (Wildman–Crippen MR) is 116 cm³/mol. The van der Waals surface area contributed by atoms with Crippen LogP contribution in [-0.4, -0.2) is 52.4 Å². The van der Waals surface area contributed by atoms with E-state index in [1.54, 1.807) is 0 Å². The van der Waals surface area contributed by atoms with E-state index in [1.165, 1.54) is 5.56 Å². The standard InChI is InChI=1S/C24H38N2O3/c1-18(2)14-21-15-26(19(3)28-16-20-10-8-7-9-11-20)24(12-13-24)17-25(21)22(27)29-23(4,5)6/h7-11,18-19,21H,12-17H2,1-6H3. The maximum absolute atomic E-state index is 13.0. The molecule has 0 bridgehead atoms. The zero-order valence-corrected chi connectivity index (χ0v) is 19.0. The fourth-order valence-electron chi connectivity index (χ4n) is 4.34. The van der Waals surface area contributed by atoms with Gasteiger partial charge in [-0.1, -0.05) is 44.2 Å². The topological polar surface area (TPSA) is 42.0 Å². The van der Waals surface area contributed by atoms with Gasteiger partial charge in [0.05, 0.1) is 6.61 Å². The minimum atomic E-state index is -0.473. The molecule has 2 aliphatic rings. The lowest BCUT2D eigenvalue weighted by molar-refractivity contribution is -0.119. The largest absolute Gasteiger partial charge is 0.444 e. The summed E-state index contributed by atoms with van der Waals surface area (Å²) >= 11 is 0. The quantitative estimate of drug-likeness (QED) is 0.668. The van der Waals surface area contributed by atoms with Gasteiger partial charge in [-0.2, -0.15) is 0 Å². The molecule has 29 heavy (non-hydrogen) atoms. The summed E-state index contributed by atoms with van der Waals surface area (Å²) in [4.78, 5) is 17.5. The zero-order valence-electron chi connectivity index (χ0n) is 19.0. The molecule has 0 aromatic heterocycles. The molecule has 1 aromatic carbocycles. The fourth-order valence-corrected chi connectivity index (χ4v) is 4.34. The summed E-state index contributed by atoms with van der Waals surface area (Å²) in [6, 6.07) is 10.5. The third-order valence-electron chi connectivity index (χ3n) is 5.89. The normalized spacial score (nSPS) is 22.7. The molecule has 1 saturated carbocycles. The van der Waals surface area contributed by atoms with Gasteiger partial charge in [0.25, 0.3) is 0 Å². The van der Waals surface area contributed by atoms with Crippen LogP contribution >= 0.6 is 0 Å². The summed E-state index contributed by atoms with van der Waals surface area (Å²) in [6.45, 7) is 14.6. The van der Waals surface area contributed by atoms with Crippen LogP contribution in [0, 0.1) is 5.92 Å². The summed E-state index contributed by atoms with van der Waals surface area (Å²) in [5.41, 5.74) is 0.759. The van der Waals surface area contributed by atoms with Crippen molar-refractivity contribution in [3.63, 3.8) is 0 Å². The molecule has 2 fully saturated rings. The lowest BCUT2D eigenvalue weighted by atomic mass is 9.96. The number of ether oxygens (including phenoxy) is 2. The molecule has 0 radical (unpaired) electrons. The monoisotopic (exact) mass is 402 g/mol. The molecule has 3 rings (SSSR count). The van der Waals surface area contributed by atoms with E-state index in [4.69, 9.17) is 9.47 Å². The molecule has 1 saturated heterocycles. The Morgan fingerprint density at radius 2 is 1.83 bits per heavy atom. The van der Waals surface area contributed by atoms with Crippen molar-refractivity contribution < 1.29 is 14.3 Å². The Hall–Kier alpha value is -1.59. The van der Waals surface area contributed by atoms with Crippen LogP contribution in [0.2, 0.25) is 0 Å². The fraction of sp³-hybridized carbons (Fsp3) is 0.708. The number of carbonyl (C=O) groups is 1. The smallest absolute Gasteiger partial charge is 0.410 e. The van der Waals surface area contributed by atoms with Gasteiger partial charge >= 0.3 is 6.09 Å². The second-order valence-electron chi connectivity index (χ2n) is 10.2. The van der Waals surface area contributed by atoms with Crippen molar-refractivity contribution in [1.82, 2.24) is 9.80 Å². The van der Waals surface area contributed by atoms with E-state index in [2.05, 4.69) is 37.8 Å². The SMILES string of the molecule is CC(C)CC1CN(C(C)OCc2ccccc2)C2(CC2)CN1C(=O)OC(C)(C)C. The van der Waals surface area contributed by atoms with Crippen molar-refractivity contribution in [1.29, 1.82) is 0 Å². The number of nitrogens with zero attached hydrogens (tertiary/aromatic N) is 2. The highest BCUT2D eigenvalue weighted by Crippen LogP contribution is 2.47. The van der Waals surface area contributed by atoms with Crippen molar-refractivity contribution >= 4 is 6.09 Å². The lowest BCUT2D eigenvalue weighted by Gasteiger charge is -2.49. The number of hydrogen-bond donors (Lipinski definition) is 0. The highest BCUT2D eigenvalue weighted by molar-refractivity contribution is 5.69. The number of amides is 1. The Kier molecular flexibility index (Phi) is 6.59. The number of carbonyl (C=O) groups excluding carboxylic acids is 1. The van der Waals surface area contributed by atoms with Crippen LogP contribution in [0.4, 0.5) is 4.79 Å². The van der Waals surface area contributed by atoms with Crippen LogP contribution < -0.4 is 0 Å². The Balaban J connectivity index is 1.71. The summed E-state index contributed by atoms with van der Waals surface area (Å²) in [5.74, 6) is 0.514. The maximum Gasteiger partial charge on any atom is 0.410 e. The van der Waals surface area contributed by atoms with Crippen LogP contribution in [0.25, 0.3) is 0 Å². The second kappa shape index (κ2) is 8.65. The highest BCUT2D eigenvalue weighted by atomic mass is 16.6. The molecule has 5 heteroatoms. The number of hydrogen-bond acceptors (Lipinski definition) is 4. The summed E-state index contributed by atoms with van der Waals surface area (Å²) in [5, 5.41) is 0. The van der Waals surface area contributed by atoms with E-state index >= 15 is 0 Å². The Bertz CT molecular complexity index is 679. The first kappa shape index (κ1) is 22.1. The Labute approximate surface area is 176 Å². The Morgan fingerprint density at radius 3 is 2.38 bits per heavy atom. The van der Waals surface area contributed by atoms with Gasteiger partial charge in [-0.25, -0.2) is 4.79 Å². The third kappa shape index (κ3) is 5.73. The predicted octanol–water partition coefficient (Wildman–Crippen LogP) is 5.05. The van der Waals surface area contributed by atoms with Gasteiger partial charge in [0.1, 0.15) is 11.8 Å². The zero-order chi connectivity index (χ0) is 21.2. The molecule has 2 atom stereocenters. The van der Waals surface area contributed by atoms with Crippen LogP contribution in [0.5, 0.6) is 0 Å². The molecule has 0 N–H and O–H groups in total. The van der Waals surface area contributed by atoms with Gasteiger partial charge in [-0.05, 0) is 58.4 Å². The van der Waals surface area contributed by atoms with Gasteiger partial charge in [0.2, 0.25) is 0 Å². The molecule has 1 aromatic rings. The van der Waals surface area contributed by atoms with Crippen LogP contribution in [0.15, 0.2) is 30.3 Å². The maximum atomic E-state index is 13.0. The van der Waals surface area contributed by atoms with Gasteiger partial charge in [-0.15, -0.1) is 0 Å². The van der Waals surface area contributed by atoms with E-state index in [-0.39, 0.29) is 23.9 Å². The molecule has 2 unspecified atom stereocenters. The molecule has 1 aliphatic carbocycles. The minimum Gasteiger partial charge on any atom is -0.444 e. The lowest BCUT2D eigenvalue weighted by Crippen LogP contribution is -2.64. The summed E-state index contributed by atoms with van der Waals surface area (Å²) < 4.78 is 12.0. The van der Waals surface area contributed by atoms with Gasteiger partial charge in [0.15, 0.2) is 0 Å². The molecule has 1 heterocycles. The van der Waals surface area contributed by atoms with Crippen molar-refractivity contribution in [3.05, 3.63) is 35.9 Å². The first-order valence-electron chi connectivity index (χ1n) is 11.0. The average Bonchev–Trinajstić information content (AvgIpc) is 3.40. The highest BCUT2D eigenvalue weighted by Gasteiger charge is 2.56. The Morgan fingerprint density at radius 1 is 1.17 bits per heavy atom. The van der Waals surface area contributed by atoms with Crippen molar-refractivity contribution in [2.24, 2.45) is 5.92 Å². The van der Waals surface area contributed by atoms with Crippen molar-refractivity contribution in [2.75, 3.05) is 13.1 Å². The van der Waals surface area contributed by atoms with Gasteiger partial charge < -0.3 is 14.4 Å². The van der Waals surface area contributed by atoms with E-state index < -0.39 is 5.60 Å². The second-order valence-corrected chi connectivity index (χ2v) is 10.2. The minimum absolute atomic E-state index is 0.0214. The molecule has 1 aliphatic heterocycles. The van der Waals surface area contributed by atoms with Crippen molar-refractivity contribution in [3.8, 4) is 0 Å². The van der Waals surface area contributed by atoms with Crippen LogP contribution in [-0.2, 0) is 16.1 Å². The number of rotatable bonds is 6. The molecular formula is C24H38N2O3. The van der Waals surface area contributed by atoms with Gasteiger partial charge in [-0.3, -0.25) is 4.90 Å². The van der Waals surface area contributed by atoms with Crippen LogP contribution in [0.1, 0.15) is 66.4 Å². The molecule has 5 nitrogen and oxygen atoms in total. The molecule has 1 spiro atoms. The molecular weight excluding hydrogens is 364 g/mol. The number of piperazine rings is 1. The first-order valence-corrected chi connectivity index (χ1v) is 11.0. The average molecular weight is 403 g/mol. The van der Waals surface area contributed by atoms with E-state index in [0.717, 1.165) is 32.4 Å². The van der Waals surface area contributed by atoms with E-state index in [9.17, 15) is 4.79 Å². The van der Waals surface area contributed by atoms with Crippen molar-refractivity contribution in [2.45, 2.75) is 90.8 Å². The third-order valence-corrected chi connectivity index (χ3v) is 5.89. The molecule has 162 valence electrons. The number of benzene rings is 1. The van der Waals surface area contributed by atoms with Gasteiger partial charge in [0, 0.05) is 24.7 Å². The first-order chi connectivity index (χ1) is 13.6. The van der Waals surface area contributed by atoms with E-state index in [1.807, 2.05) is 43.9 Å². The summed E-state index contributed by atoms with van der Waals surface area (Å²) in [7, 11) is 0. The van der Waals surface area contributed by atoms with Crippen LogP contribution in [0.3, 0.4) is 0 Å². The van der Waals surface area contributed by atoms with E-state index in [0.29, 0.717) is 12.5 Å².